The number of benzene rings is 2. The Bertz CT molecular complexity index is 1980. The van der Waals surface area contributed by atoms with E-state index in [1.165, 1.54) is 34.6 Å². The number of nitrogens with two attached hydrogens (primary N) is 2. The first-order valence-corrected chi connectivity index (χ1v) is 19.3. The molecule has 12 nitrogen and oxygen atoms in total. The quantitative estimate of drug-likeness (QED) is 0.119. The van der Waals surface area contributed by atoms with Gasteiger partial charge in [-0.2, -0.15) is 0 Å². The van der Waals surface area contributed by atoms with Crippen molar-refractivity contribution in [2.75, 3.05) is 54.4 Å². The van der Waals surface area contributed by atoms with Crippen LogP contribution in [0.5, 0.6) is 23.0 Å². The Labute approximate surface area is 332 Å². The molecule has 0 aliphatic heterocycles. The molecule has 2 aliphatic rings. The molecule has 0 fully saturated rings. The summed E-state index contributed by atoms with van der Waals surface area (Å²) >= 11 is 0. The van der Waals surface area contributed by atoms with Gasteiger partial charge < -0.3 is 41.4 Å². The van der Waals surface area contributed by atoms with Gasteiger partial charge in [0.2, 0.25) is 0 Å². The first kappa shape index (κ1) is 42.3. The maximum absolute atomic E-state index is 11.6. The molecule has 0 saturated carbocycles. The second kappa shape index (κ2) is 18.4. The number of aromatic nitrogens is 2. The molecule has 4 aromatic rings. The lowest BCUT2D eigenvalue weighted by atomic mass is 9.92. The van der Waals surface area contributed by atoms with Crippen LogP contribution in [0.4, 0.5) is 0 Å². The average molecular weight is 765 g/mol. The Morgan fingerprint density at radius 1 is 0.679 bits per heavy atom. The highest BCUT2D eigenvalue weighted by atomic mass is 16.5. The van der Waals surface area contributed by atoms with Gasteiger partial charge in [0, 0.05) is 63.1 Å². The molecule has 0 bridgehead atoms. The predicted molar refractivity (Wildman–Crippen MR) is 222 cm³/mol. The summed E-state index contributed by atoms with van der Waals surface area (Å²) in [6.07, 6.45) is 9.94. The second-order valence-corrected chi connectivity index (χ2v) is 17.3. The monoisotopic (exact) mass is 764 g/mol. The highest BCUT2D eigenvalue weighted by Crippen LogP contribution is 2.35. The molecule has 300 valence electrons. The molecule has 12 heteroatoms. The Morgan fingerprint density at radius 2 is 1.20 bits per heavy atom. The molecule has 2 heterocycles. The van der Waals surface area contributed by atoms with Gasteiger partial charge in [0.05, 0.1) is 0 Å². The third-order valence-corrected chi connectivity index (χ3v) is 10.0. The van der Waals surface area contributed by atoms with Gasteiger partial charge in [-0.25, -0.2) is 0 Å². The number of carbonyl (C=O) groups is 2. The molecular weight excluding hydrogens is 705 g/mol. The maximum atomic E-state index is 11.6. The van der Waals surface area contributed by atoms with Gasteiger partial charge in [-0.15, -0.1) is 0 Å². The predicted octanol–water partition coefficient (Wildman–Crippen LogP) is 5.23. The van der Waals surface area contributed by atoms with Crippen molar-refractivity contribution in [2.24, 2.45) is 22.3 Å². The fourth-order valence-corrected chi connectivity index (χ4v) is 7.88. The van der Waals surface area contributed by atoms with E-state index in [2.05, 4.69) is 104 Å². The van der Waals surface area contributed by atoms with Crippen LogP contribution in [-0.2, 0) is 25.7 Å². The lowest BCUT2D eigenvalue weighted by molar-refractivity contribution is 0.0989. The van der Waals surface area contributed by atoms with Gasteiger partial charge in [0.25, 0.3) is 11.8 Å². The SMILES string of the molecule is CN(C)CC(C)(C)CNC1Cc2ccc(Oc3ccncc3C(N)=O)cc2C1.CN(C)CC(C)(C)CNC1Cc2cccc(Oc3ccncc3C(N)=O)c2C1. The number of amides is 2. The van der Waals surface area contributed by atoms with E-state index in [0.717, 1.165) is 57.6 Å². The number of carbonyl (C=O) groups excluding carboxylic acids is 2. The first-order chi connectivity index (χ1) is 26.5. The third kappa shape index (κ3) is 11.8. The molecule has 0 spiro atoms. The Balaban J connectivity index is 0.000000214. The van der Waals surface area contributed by atoms with E-state index < -0.39 is 11.8 Å². The smallest absolute Gasteiger partial charge is 0.254 e. The van der Waals surface area contributed by atoms with Crippen molar-refractivity contribution < 1.29 is 19.1 Å². The molecule has 0 radical (unpaired) electrons. The fourth-order valence-electron chi connectivity index (χ4n) is 7.88. The van der Waals surface area contributed by atoms with Crippen LogP contribution in [0, 0.1) is 10.8 Å². The summed E-state index contributed by atoms with van der Waals surface area (Å²) in [6, 6.07) is 16.4. The summed E-state index contributed by atoms with van der Waals surface area (Å²) < 4.78 is 12.0. The van der Waals surface area contributed by atoms with Crippen molar-refractivity contribution in [3.8, 4) is 23.0 Å². The molecule has 2 amide bonds. The lowest BCUT2D eigenvalue weighted by Gasteiger charge is -2.30. The minimum absolute atomic E-state index is 0.199. The summed E-state index contributed by atoms with van der Waals surface area (Å²) in [5, 5.41) is 7.46. The number of primary amides is 2. The van der Waals surface area contributed by atoms with Gasteiger partial charge >= 0.3 is 0 Å². The number of hydrogen-bond acceptors (Lipinski definition) is 10. The van der Waals surface area contributed by atoms with Crippen molar-refractivity contribution in [2.45, 2.75) is 65.5 Å². The molecule has 2 unspecified atom stereocenters. The summed E-state index contributed by atoms with van der Waals surface area (Å²) in [7, 11) is 8.44. The van der Waals surface area contributed by atoms with Crippen molar-refractivity contribution in [1.29, 1.82) is 0 Å². The Hall–Kier alpha value is -4.88. The Morgan fingerprint density at radius 3 is 1.75 bits per heavy atom. The Kier molecular flexibility index (Phi) is 13.9. The van der Waals surface area contributed by atoms with E-state index in [1.54, 1.807) is 24.5 Å². The van der Waals surface area contributed by atoms with Crippen LogP contribution < -0.4 is 31.6 Å². The molecule has 2 aliphatic carbocycles. The van der Waals surface area contributed by atoms with E-state index >= 15 is 0 Å². The maximum Gasteiger partial charge on any atom is 0.254 e. The number of pyridine rings is 2. The standard InChI is InChI=1S/2C22H30N4O2/c1-22(2,14-26(3)4)13-25-17-9-15-5-6-18(11-16(15)10-17)28-20-7-8-24-12-19(20)21(23)27;1-22(2,14-26(3)4)13-25-16-10-15-6-5-7-19(17(15)11-16)28-20-8-9-24-12-18(20)21(23)27/h5-8,11-12,17,25H,9-10,13-14H2,1-4H3,(H2,23,27);5-9,12,16,25H,10-11,13-14H2,1-4H3,(H2,23,27). The average Bonchev–Trinajstić information content (AvgIpc) is 3.74. The van der Waals surface area contributed by atoms with Gasteiger partial charge in [-0.3, -0.25) is 19.6 Å². The molecule has 6 rings (SSSR count). The molecule has 2 aromatic carbocycles. The van der Waals surface area contributed by atoms with E-state index in [1.807, 2.05) is 18.2 Å². The van der Waals surface area contributed by atoms with Crippen LogP contribution in [0.2, 0.25) is 0 Å². The zero-order chi connectivity index (χ0) is 40.6. The minimum Gasteiger partial charge on any atom is -0.456 e. The fraction of sp³-hybridized carbons (Fsp3) is 0.455. The second-order valence-electron chi connectivity index (χ2n) is 17.3. The van der Waals surface area contributed by atoms with Crippen LogP contribution >= 0.6 is 0 Å². The number of ether oxygens (including phenoxy) is 2. The van der Waals surface area contributed by atoms with Crippen LogP contribution in [-0.4, -0.2) is 98.0 Å². The molecule has 6 N–H and O–H groups in total. The van der Waals surface area contributed by atoms with Crippen molar-refractivity contribution in [3.63, 3.8) is 0 Å². The highest BCUT2D eigenvalue weighted by molar-refractivity contribution is 5.95. The largest absolute Gasteiger partial charge is 0.456 e. The zero-order valence-electron chi connectivity index (χ0n) is 34.3. The summed E-state index contributed by atoms with van der Waals surface area (Å²) in [6.45, 7) is 13.2. The summed E-state index contributed by atoms with van der Waals surface area (Å²) in [5.74, 6) is 1.27. The number of nitrogens with one attached hydrogen (secondary N) is 2. The highest BCUT2D eigenvalue weighted by Gasteiger charge is 2.28. The van der Waals surface area contributed by atoms with E-state index in [9.17, 15) is 9.59 Å². The van der Waals surface area contributed by atoms with Crippen LogP contribution in [0.3, 0.4) is 0 Å². The van der Waals surface area contributed by atoms with Gasteiger partial charge in [0.1, 0.15) is 34.1 Å². The number of nitrogens with zero attached hydrogens (tertiary/aromatic N) is 4. The number of fused-ring (bicyclic) bond motifs is 2. The van der Waals surface area contributed by atoms with Crippen molar-refractivity contribution in [1.82, 2.24) is 30.4 Å². The normalized spacial score (nSPS) is 16.2. The summed E-state index contributed by atoms with van der Waals surface area (Å²) in [5.41, 5.74) is 17.0. The lowest BCUT2D eigenvalue weighted by Crippen LogP contribution is -2.42. The summed E-state index contributed by atoms with van der Waals surface area (Å²) in [4.78, 5) is 35.6. The van der Waals surface area contributed by atoms with E-state index in [-0.39, 0.29) is 16.4 Å². The third-order valence-electron chi connectivity index (χ3n) is 10.0. The van der Waals surface area contributed by atoms with E-state index in [0.29, 0.717) is 34.9 Å². The zero-order valence-corrected chi connectivity index (χ0v) is 34.3. The van der Waals surface area contributed by atoms with E-state index in [4.69, 9.17) is 20.9 Å². The number of rotatable bonds is 16. The topological polar surface area (TPSA) is 161 Å². The van der Waals surface area contributed by atoms with Gasteiger partial charge in [-0.1, -0.05) is 45.9 Å². The van der Waals surface area contributed by atoms with Crippen molar-refractivity contribution in [3.05, 3.63) is 107 Å². The number of hydrogen-bond donors (Lipinski definition) is 4. The van der Waals surface area contributed by atoms with Gasteiger partial charge in [-0.05, 0) is 117 Å². The first-order valence-electron chi connectivity index (χ1n) is 19.3. The van der Waals surface area contributed by atoms with Crippen LogP contribution in [0.15, 0.2) is 73.3 Å². The molecule has 0 saturated heterocycles. The van der Waals surface area contributed by atoms with Crippen LogP contribution in [0.25, 0.3) is 0 Å². The molecule has 2 aromatic heterocycles. The van der Waals surface area contributed by atoms with Crippen LogP contribution in [0.1, 0.15) is 70.7 Å². The molecule has 56 heavy (non-hydrogen) atoms. The minimum atomic E-state index is -0.547. The molecular formula is C44H60N8O4. The van der Waals surface area contributed by atoms with Gasteiger partial charge in [0.15, 0.2) is 0 Å². The van der Waals surface area contributed by atoms with Crippen molar-refractivity contribution >= 4 is 11.8 Å². The molecule has 2 atom stereocenters.